The van der Waals surface area contributed by atoms with Crippen molar-refractivity contribution in [2.24, 2.45) is 52.5 Å². The topological polar surface area (TPSA) is 798 Å². The van der Waals surface area contributed by atoms with E-state index < -0.39 is 297 Å². The van der Waals surface area contributed by atoms with E-state index in [2.05, 4.69) is 90.4 Å². The van der Waals surface area contributed by atoms with Gasteiger partial charge in [0.05, 0.1) is 44.6 Å². The standard InChI is InChI=1S/C77H135N23O26/c1-33(2)26-46(63(112)84-29-55(108)88-44(20-22-53(78)106)65(114)89-43(18-16-24-83-77(81)82)64(113)85-40(13)62(111)99-59(42(15)105)76(125)126)91-70(119)50(31-102)95-73(122)57(37(9)10)97-61(110)39(12)86-67(116)47(27-34(3)4)92-69(118)49(30-101)94-60(109)38(11)87-71(120)52-19-17-25-100(52)75(124)51(32-103)96-66(115)45(21-23-54(79)107)90-74(123)58(41(14)104)98-68(117)48(28-35(5)6)93-72(121)56(80)36(7)8/h33-52,56-59,101-105H,16-32,80H2,1-15H3,(H2,78,106)(H2,79,107)(H,84,112)(H,85,113)(H,86,116)(H,87,120)(H,88,108)(H,89,114)(H,90,123)(H,91,119)(H,92,118)(H,93,121)(H,94,109)(H,95,122)(H,96,115)(H,97,110)(H,98,117)(H,99,111)(H,125,126)(H4,81,82,83)/t38-,39-,40-,41+,42+,43-,44-,45-,46-,47-,48-,49-,50-,51-,52-,56-,57-,58-,59-/m0/s1. The molecule has 0 unspecified atom stereocenters. The minimum Gasteiger partial charge on any atom is -0.480 e. The summed E-state index contributed by atoms with van der Waals surface area (Å²) in [7, 11) is 0. The normalized spacial score (nSPS) is 16.8. The number of hydrogen-bond acceptors (Lipinski definition) is 27. The van der Waals surface area contributed by atoms with Crippen molar-refractivity contribution in [1.82, 2.24) is 95.3 Å². The number of amides is 19. The first-order valence-electron chi connectivity index (χ1n) is 41.6. The number of guanidine groups is 1. The van der Waals surface area contributed by atoms with Crippen LogP contribution in [0.5, 0.6) is 0 Å². The van der Waals surface area contributed by atoms with Crippen LogP contribution in [0.25, 0.3) is 0 Å². The largest absolute Gasteiger partial charge is 0.480 e. The van der Waals surface area contributed by atoms with E-state index in [0.717, 1.165) is 18.7 Å². The molecule has 126 heavy (non-hydrogen) atoms. The summed E-state index contributed by atoms with van der Waals surface area (Å²) in [6.45, 7) is 18.2. The van der Waals surface area contributed by atoms with Crippen LogP contribution in [0.4, 0.5) is 0 Å². The number of aliphatic hydroxyl groups is 5. The molecule has 19 atom stereocenters. The molecule has 714 valence electrons. The van der Waals surface area contributed by atoms with Crippen LogP contribution in [0.1, 0.15) is 174 Å². The highest BCUT2D eigenvalue weighted by Gasteiger charge is 2.42. The molecule has 1 rings (SSSR count). The van der Waals surface area contributed by atoms with E-state index >= 15 is 0 Å². The maximum atomic E-state index is 14.1. The van der Waals surface area contributed by atoms with Crippen LogP contribution in [0.3, 0.4) is 0 Å². The summed E-state index contributed by atoms with van der Waals surface area (Å²) in [5.41, 5.74) is 22.1. The van der Waals surface area contributed by atoms with Gasteiger partial charge in [0, 0.05) is 25.9 Å². The molecule has 0 aromatic heterocycles. The van der Waals surface area contributed by atoms with Crippen molar-refractivity contribution in [2.45, 2.75) is 289 Å². The van der Waals surface area contributed by atoms with Crippen molar-refractivity contribution >= 4 is 124 Å². The van der Waals surface area contributed by atoms with Crippen LogP contribution < -0.4 is 113 Å². The Morgan fingerprint density at radius 2 is 0.730 bits per heavy atom. The van der Waals surface area contributed by atoms with Crippen LogP contribution in [-0.2, 0) is 95.9 Å². The quantitative estimate of drug-likeness (QED) is 0.0153. The lowest BCUT2D eigenvalue weighted by Gasteiger charge is -2.30. The number of carbonyl (C=O) groups excluding carboxylic acids is 19. The average Bonchev–Trinajstić information content (AvgIpc) is 1.65. The van der Waals surface area contributed by atoms with Crippen LogP contribution in [-0.4, -0.2) is 314 Å². The molecular weight excluding hydrogens is 1660 g/mol. The molecule has 1 aliphatic heterocycles. The maximum absolute atomic E-state index is 14.1. The first-order valence-corrected chi connectivity index (χ1v) is 41.6. The Morgan fingerprint density at radius 1 is 0.381 bits per heavy atom. The van der Waals surface area contributed by atoms with Gasteiger partial charge >= 0.3 is 5.97 Å². The molecule has 19 amide bonds. The first-order chi connectivity index (χ1) is 58.6. The molecule has 32 N–H and O–H groups in total. The molecule has 0 spiro atoms. The Labute approximate surface area is 730 Å². The second-order valence-corrected chi connectivity index (χ2v) is 32.9. The van der Waals surface area contributed by atoms with Gasteiger partial charge in [-0.1, -0.05) is 69.2 Å². The number of hydrogen-bond donors (Lipinski definition) is 28. The maximum Gasteiger partial charge on any atom is 0.328 e. The van der Waals surface area contributed by atoms with Crippen LogP contribution >= 0.6 is 0 Å². The fourth-order valence-electron chi connectivity index (χ4n) is 12.4. The van der Waals surface area contributed by atoms with E-state index in [4.69, 9.17) is 28.3 Å². The van der Waals surface area contributed by atoms with E-state index in [1.54, 1.807) is 55.4 Å². The van der Waals surface area contributed by atoms with Crippen molar-refractivity contribution < 1.29 is 127 Å². The number of nitrogens with two attached hydrogens (primary N) is 4. The third-order valence-electron chi connectivity index (χ3n) is 19.6. The van der Waals surface area contributed by atoms with Gasteiger partial charge in [-0.2, -0.15) is 0 Å². The fourth-order valence-corrected chi connectivity index (χ4v) is 12.4. The second-order valence-electron chi connectivity index (χ2n) is 32.9. The van der Waals surface area contributed by atoms with E-state index in [1.165, 1.54) is 34.6 Å². The van der Waals surface area contributed by atoms with E-state index in [-0.39, 0.29) is 81.7 Å². The Balaban J connectivity index is 3.24. The third kappa shape index (κ3) is 40.2. The number of likely N-dealkylation sites (tertiary alicyclic amines) is 1. The lowest BCUT2D eigenvalue weighted by atomic mass is 10.00. The van der Waals surface area contributed by atoms with Gasteiger partial charge in [0.25, 0.3) is 0 Å². The molecule has 1 aliphatic rings. The van der Waals surface area contributed by atoms with Gasteiger partial charge in [-0.3, -0.25) is 96.5 Å². The Bertz CT molecular complexity index is 3770. The van der Waals surface area contributed by atoms with Gasteiger partial charge in [-0.05, 0) is 122 Å². The summed E-state index contributed by atoms with van der Waals surface area (Å²) in [6, 6.07) is -26.2. The Kier molecular flexibility index (Phi) is 49.7. The highest BCUT2D eigenvalue weighted by atomic mass is 16.4. The molecule has 0 radical (unpaired) electrons. The molecule has 0 bridgehead atoms. The summed E-state index contributed by atoms with van der Waals surface area (Å²) < 4.78 is 0. The lowest BCUT2D eigenvalue weighted by molar-refractivity contribution is -0.145. The minimum atomic E-state index is -1.81. The molecule has 1 saturated heterocycles. The molecular formula is C77H135N23O26. The van der Waals surface area contributed by atoms with Crippen molar-refractivity contribution in [3.8, 4) is 0 Å². The number of carboxylic acid groups (broad SMARTS) is 1. The van der Waals surface area contributed by atoms with Crippen LogP contribution in [0, 0.1) is 35.0 Å². The van der Waals surface area contributed by atoms with Crippen molar-refractivity contribution in [3.05, 3.63) is 0 Å². The van der Waals surface area contributed by atoms with E-state index in [0.29, 0.717) is 0 Å². The van der Waals surface area contributed by atoms with Crippen molar-refractivity contribution in [2.75, 3.05) is 39.5 Å². The van der Waals surface area contributed by atoms with E-state index in [9.17, 15) is 127 Å². The number of nitrogens with one attached hydrogen (secondary N) is 18. The van der Waals surface area contributed by atoms with Gasteiger partial charge in [-0.15, -0.1) is 0 Å². The molecule has 0 aromatic carbocycles. The Hall–Kier alpha value is -11.6. The summed E-state index contributed by atoms with van der Waals surface area (Å²) in [5, 5.41) is 109. The first kappa shape index (κ1) is 112. The third-order valence-corrected chi connectivity index (χ3v) is 19.6. The minimum absolute atomic E-state index is 0.00816. The Morgan fingerprint density at radius 3 is 1.16 bits per heavy atom. The number of primary amides is 2. The van der Waals surface area contributed by atoms with Gasteiger partial charge < -0.3 is 149 Å². The van der Waals surface area contributed by atoms with Gasteiger partial charge in [0.1, 0.15) is 90.6 Å². The van der Waals surface area contributed by atoms with Crippen molar-refractivity contribution in [1.29, 1.82) is 5.41 Å². The average molecular weight is 1800 g/mol. The molecule has 0 saturated carbocycles. The zero-order chi connectivity index (χ0) is 96.6. The molecule has 1 fully saturated rings. The smallest absolute Gasteiger partial charge is 0.328 e. The summed E-state index contributed by atoms with van der Waals surface area (Å²) in [5.74, 6) is -23.0. The monoisotopic (exact) mass is 1800 g/mol. The van der Waals surface area contributed by atoms with Gasteiger partial charge in [0.15, 0.2) is 12.0 Å². The molecule has 0 aromatic rings. The highest BCUT2D eigenvalue weighted by molar-refractivity contribution is 6.02. The van der Waals surface area contributed by atoms with E-state index in [1.807, 2.05) is 0 Å². The molecule has 49 nitrogen and oxygen atoms in total. The van der Waals surface area contributed by atoms with Crippen LogP contribution in [0.2, 0.25) is 0 Å². The van der Waals surface area contributed by atoms with Crippen molar-refractivity contribution in [3.63, 3.8) is 0 Å². The summed E-state index contributed by atoms with van der Waals surface area (Å²) in [6.07, 6.45) is -5.26. The number of nitrogens with zero attached hydrogens (tertiary/aromatic N) is 1. The number of rotatable bonds is 57. The highest BCUT2D eigenvalue weighted by Crippen LogP contribution is 2.20. The van der Waals surface area contributed by atoms with Gasteiger partial charge in [0.2, 0.25) is 112 Å². The number of aliphatic carboxylic acids is 1. The lowest BCUT2D eigenvalue weighted by Crippen LogP contribution is -2.62. The predicted molar refractivity (Wildman–Crippen MR) is 448 cm³/mol. The zero-order valence-corrected chi connectivity index (χ0v) is 74.0. The number of carboxylic acids is 1. The SMILES string of the molecule is CC(C)C[C@H](NC(=O)[C@H](CO)NC(=O)[C@@H](NC(=O)[C@H](C)NC(=O)[C@H](CC(C)C)NC(=O)[C@H](CO)NC(=O)[C@H](C)NC(=O)[C@@H]1CCCN1C(=O)[C@H](CO)NC(=O)[C@H](CCC(N)=O)NC(=O)[C@@H](NC(=O)[C@H](CC(C)C)NC(=O)[C@@H](N)C(C)C)[C@@H](C)O)C(C)C)C(=O)NCC(=O)N[C@@H](CCC(N)=O)C(=O)N[C@@H](CCCNC(=N)N)C(=O)N[C@@H](C)C(=O)N[C@H](C(=O)O)[C@@H](C)O. The zero-order valence-electron chi connectivity index (χ0n) is 74.0. The summed E-state index contributed by atoms with van der Waals surface area (Å²) >= 11 is 0. The molecule has 1 heterocycles. The van der Waals surface area contributed by atoms with Gasteiger partial charge in [-0.25, -0.2) is 4.79 Å². The van der Waals surface area contributed by atoms with Crippen LogP contribution in [0.15, 0.2) is 0 Å². The second kappa shape index (κ2) is 55.7. The predicted octanol–water partition coefficient (Wildman–Crippen LogP) is -11.2. The fraction of sp³-hybridized carbons (Fsp3) is 0.727. The summed E-state index contributed by atoms with van der Waals surface area (Å²) in [4.78, 5) is 269. The number of carbonyl (C=O) groups is 20. The number of aliphatic hydroxyl groups excluding tert-OH is 5. The molecule has 0 aliphatic carbocycles. The molecule has 49 heteroatoms.